The van der Waals surface area contributed by atoms with Gasteiger partial charge in [-0.1, -0.05) is 35.4 Å². The lowest BCUT2D eigenvalue weighted by Gasteiger charge is -2.34. The smallest absolute Gasteiger partial charge is 0.250 e. The van der Waals surface area contributed by atoms with Crippen molar-refractivity contribution in [2.45, 2.75) is 12.8 Å². The van der Waals surface area contributed by atoms with Crippen LogP contribution in [0.15, 0.2) is 54.6 Å². The van der Waals surface area contributed by atoms with Crippen molar-refractivity contribution in [2.75, 3.05) is 31.1 Å². The summed E-state index contributed by atoms with van der Waals surface area (Å²) in [4.78, 5) is 24.6. The van der Waals surface area contributed by atoms with Crippen LogP contribution >= 0.6 is 0 Å². The minimum atomic E-state index is 0.151. The molecule has 0 saturated carbocycles. The molecule has 1 fully saturated rings. The SMILES string of the molecule is O=C(CCc1nc2ccccc2[nH]1)N1CCN(c2nnnn2-c2ccccc2)CC1. The molecule has 3 heterocycles. The van der Waals surface area contributed by atoms with Gasteiger partial charge in [-0.05, 0) is 34.7 Å². The summed E-state index contributed by atoms with van der Waals surface area (Å²) in [7, 11) is 0. The van der Waals surface area contributed by atoms with Crippen molar-refractivity contribution in [3.8, 4) is 5.69 Å². The second-order valence-corrected chi connectivity index (χ2v) is 7.29. The van der Waals surface area contributed by atoms with Crippen LogP contribution in [0, 0.1) is 0 Å². The number of H-pyrrole nitrogens is 1. The van der Waals surface area contributed by atoms with Crippen molar-refractivity contribution in [3.05, 3.63) is 60.4 Å². The van der Waals surface area contributed by atoms with Crippen molar-refractivity contribution in [1.29, 1.82) is 0 Å². The number of tetrazole rings is 1. The summed E-state index contributed by atoms with van der Waals surface area (Å²) in [5.41, 5.74) is 2.86. The van der Waals surface area contributed by atoms with Gasteiger partial charge in [0.1, 0.15) is 5.82 Å². The predicted octanol–water partition coefficient (Wildman–Crippen LogP) is 1.82. The number of rotatable bonds is 5. The summed E-state index contributed by atoms with van der Waals surface area (Å²) in [5, 5.41) is 12.2. The number of nitrogens with one attached hydrogen (secondary N) is 1. The van der Waals surface area contributed by atoms with Crippen molar-refractivity contribution >= 4 is 22.9 Å². The van der Waals surface area contributed by atoms with Gasteiger partial charge in [-0.25, -0.2) is 4.98 Å². The first-order chi connectivity index (χ1) is 14.8. The number of carbonyl (C=O) groups is 1. The van der Waals surface area contributed by atoms with Gasteiger partial charge >= 0.3 is 0 Å². The lowest BCUT2D eigenvalue weighted by molar-refractivity contribution is -0.131. The fraction of sp³-hybridized carbons (Fsp3) is 0.286. The number of aromatic nitrogens is 6. The van der Waals surface area contributed by atoms with Gasteiger partial charge in [0, 0.05) is 39.0 Å². The summed E-state index contributed by atoms with van der Waals surface area (Å²) in [5.74, 6) is 1.71. The topological polar surface area (TPSA) is 95.8 Å². The Balaban J connectivity index is 1.18. The predicted molar refractivity (Wildman–Crippen MR) is 112 cm³/mol. The van der Waals surface area contributed by atoms with E-state index in [1.54, 1.807) is 4.68 Å². The Labute approximate surface area is 173 Å². The minimum absolute atomic E-state index is 0.151. The number of aromatic amines is 1. The molecule has 9 nitrogen and oxygen atoms in total. The molecular formula is C21H22N8O. The fourth-order valence-corrected chi connectivity index (χ4v) is 3.78. The first kappa shape index (κ1) is 18.3. The molecule has 2 aromatic carbocycles. The van der Waals surface area contributed by atoms with Crippen LogP contribution in [0.5, 0.6) is 0 Å². The number of hydrogen-bond donors (Lipinski definition) is 1. The number of aryl methyl sites for hydroxylation is 1. The number of piperazine rings is 1. The normalized spacial score (nSPS) is 14.4. The number of nitrogens with zero attached hydrogens (tertiary/aromatic N) is 7. The zero-order valence-corrected chi connectivity index (χ0v) is 16.5. The molecule has 0 radical (unpaired) electrons. The Morgan fingerprint density at radius 1 is 0.967 bits per heavy atom. The number of anilines is 1. The van der Waals surface area contributed by atoms with Gasteiger partial charge in [0.05, 0.1) is 16.7 Å². The Bertz CT molecular complexity index is 1110. The second-order valence-electron chi connectivity index (χ2n) is 7.29. The molecule has 4 aromatic rings. The van der Waals surface area contributed by atoms with E-state index in [0.29, 0.717) is 45.0 Å². The molecule has 1 aliphatic heterocycles. The Morgan fingerprint density at radius 2 is 1.73 bits per heavy atom. The fourth-order valence-electron chi connectivity index (χ4n) is 3.78. The number of amides is 1. The molecule has 0 atom stereocenters. The molecule has 1 saturated heterocycles. The first-order valence-electron chi connectivity index (χ1n) is 10.1. The minimum Gasteiger partial charge on any atom is -0.342 e. The number of fused-ring (bicyclic) bond motifs is 1. The highest BCUT2D eigenvalue weighted by Crippen LogP contribution is 2.18. The van der Waals surface area contributed by atoms with Crippen molar-refractivity contribution in [1.82, 2.24) is 35.1 Å². The lowest BCUT2D eigenvalue weighted by Crippen LogP contribution is -2.49. The molecule has 30 heavy (non-hydrogen) atoms. The van der Waals surface area contributed by atoms with E-state index in [1.165, 1.54) is 0 Å². The summed E-state index contributed by atoms with van der Waals surface area (Å²) < 4.78 is 1.74. The average Bonchev–Trinajstić information content (AvgIpc) is 3.45. The number of imidazole rings is 1. The van der Waals surface area contributed by atoms with Gasteiger partial charge in [-0.15, -0.1) is 0 Å². The molecule has 152 valence electrons. The molecule has 1 amide bonds. The van der Waals surface area contributed by atoms with Crippen molar-refractivity contribution in [2.24, 2.45) is 0 Å². The molecule has 0 bridgehead atoms. The molecule has 9 heteroatoms. The largest absolute Gasteiger partial charge is 0.342 e. The third-order valence-corrected chi connectivity index (χ3v) is 5.38. The van der Waals surface area contributed by atoms with E-state index >= 15 is 0 Å². The highest BCUT2D eigenvalue weighted by molar-refractivity contribution is 5.77. The van der Waals surface area contributed by atoms with Crippen LogP contribution < -0.4 is 4.90 Å². The van der Waals surface area contributed by atoms with E-state index in [-0.39, 0.29) is 5.91 Å². The number of para-hydroxylation sites is 3. The van der Waals surface area contributed by atoms with Crippen LogP contribution in [0.2, 0.25) is 0 Å². The molecular weight excluding hydrogens is 380 g/mol. The van der Waals surface area contributed by atoms with Gasteiger partial charge in [-0.2, -0.15) is 4.68 Å². The van der Waals surface area contributed by atoms with Gasteiger partial charge in [0.25, 0.3) is 0 Å². The molecule has 1 aliphatic rings. The van der Waals surface area contributed by atoms with Crippen LogP contribution in [0.4, 0.5) is 5.95 Å². The van der Waals surface area contributed by atoms with Crippen LogP contribution in [-0.4, -0.2) is 67.2 Å². The monoisotopic (exact) mass is 402 g/mol. The number of carbonyl (C=O) groups excluding carboxylic acids is 1. The van der Waals surface area contributed by atoms with Crippen LogP contribution in [0.1, 0.15) is 12.2 Å². The van der Waals surface area contributed by atoms with E-state index in [0.717, 1.165) is 22.5 Å². The summed E-state index contributed by atoms with van der Waals surface area (Å²) in [6.45, 7) is 2.70. The van der Waals surface area contributed by atoms with E-state index in [4.69, 9.17) is 0 Å². The van der Waals surface area contributed by atoms with Crippen LogP contribution in [-0.2, 0) is 11.2 Å². The molecule has 5 rings (SSSR count). The Kier molecular flexibility index (Phi) is 4.84. The maximum Gasteiger partial charge on any atom is 0.250 e. The second kappa shape index (κ2) is 7.94. The van der Waals surface area contributed by atoms with E-state index < -0.39 is 0 Å². The Morgan fingerprint density at radius 3 is 2.53 bits per heavy atom. The van der Waals surface area contributed by atoms with Crippen molar-refractivity contribution in [3.63, 3.8) is 0 Å². The number of benzene rings is 2. The van der Waals surface area contributed by atoms with E-state index in [1.807, 2.05) is 59.5 Å². The molecule has 0 unspecified atom stereocenters. The molecule has 0 aliphatic carbocycles. The van der Waals surface area contributed by atoms with Crippen molar-refractivity contribution < 1.29 is 4.79 Å². The lowest BCUT2D eigenvalue weighted by atomic mass is 10.2. The zero-order chi connectivity index (χ0) is 20.3. The Hall–Kier alpha value is -3.75. The summed E-state index contributed by atoms with van der Waals surface area (Å²) in [6, 6.07) is 17.7. The average molecular weight is 402 g/mol. The highest BCUT2D eigenvalue weighted by Gasteiger charge is 2.24. The van der Waals surface area contributed by atoms with Crippen LogP contribution in [0.25, 0.3) is 16.7 Å². The maximum atomic E-state index is 12.7. The third kappa shape index (κ3) is 3.61. The summed E-state index contributed by atoms with van der Waals surface area (Å²) in [6.07, 6.45) is 1.06. The van der Waals surface area contributed by atoms with Gasteiger partial charge in [0.15, 0.2) is 0 Å². The van der Waals surface area contributed by atoms with Gasteiger partial charge in [0.2, 0.25) is 11.9 Å². The molecule has 0 spiro atoms. The molecule has 2 aromatic heterocycles. The first-order valence-corrected chi connectivity index (χ1v) is 10.1. The zero-order valence-electron chi connectivity index (χ0n) is 16.5. The molecule has 1 N–H and O–H groups in total. The third-order valence-electron chi connectivity index (χ3n) is 5.38. The van der Waals surface area contributed by atoms with E-state index in [9.17, 15) is 4.79 Å². The van der Waals surface area contributed by atoms with E-state index in [2.05, 4.69) is 30.4 Å². The van der Waals surface area contributed by atoms with Gasteiger partial charge < -0.3 is 14.8 Å². The maximum absolute atomic E-state index is 12.7. The number of hydrogen-bond acceptors (Lipinski definition) is 6. The quantitative estimate of drug-likeness (QED) is 0.547. The standard InChI is InChI=1S/C21H22N8O/c30-20(11-10-19-22-17-8-4-5-9-18(17)23-19)27-12-14-28(15-13-27)21-24-25-26-29(21)16-6-2-1-3-7-16/h1-9H,10-15H2,(H,22,23). The van der Waals surface area contributed by atoms with Crippen LogP contribution in [0.3, 0.4) is 0 Å². The van der Waals surface area contributed by atoms with Gasteiger partial charge in [-0.3, -0.25) is 4.79 Å². The summed E-state index contributed by atoms with van der Waals surface area (Å²) >= 11 is 0. The highest BCUT2D eigenvalue weighted by atomic mass is 16.2.